The van der Waals surface area contributed by atoms with Crippen molar-refractivity contribution in [1.82, 2.24) is 0 Å². The van der Waals surface area contributed by atoms with Gasteiger partial charge in [-0.25, -0.2) is 0 Å². The van der Waals surface area contributed by atoms with E-state index in [0.717, 1.165) is 11.8 Å². The third-order valence-electron chi connectivity index (χ3n) is 7.96. The first kappa shape index (κ1) is 19.9. The molecule has 1 aromatic carbocycles. The van der Waals surface area contributed by atoms with Gasteiger partial charge in [-0.1, -0.05) is 52.0 Å². The number of hydrogen-bond acceptors (Lipinski definition) is 2. The molecule has 2 fully saturated rings. The fraction of sp³-hybridized carbons (Fsp3) is 0.750. The molecule has 0 bridgehead atoms. The zero-order chi connectivity index (χ0) is 18.9. The van der Waals surface area contributed by atoms with E-state index in [-0.39, 0.29) is 10.8 Å². The summed E-state index contributed by atoms with van der Waals surface area (Å²) in [6, 6.07) is 10.5. The largest absolute Gasteiger partial charge is 0.328 e. The summed E-state index contributed by atoms with van der Waals surface area (Å²) in [7, 11) is 0. The van der Waals surface area contributed by atoms with Crippen LogP contribution in [0.2, 0.25) is 0 Å². The Morgan fingerprint density at radius 3 is 1.12 bits per heavy atom. The normalized spacial score (nSPS) is 31.0. The van der Waals surface area contributed by atoms with Gasteiger partial charge in [0.05, 0.1) is 0 Å². The van der Waals surface area contributed by atoms with Gasteiger partial charge < -0.3 is 11.5 Å². The van der Waals surface area contributed by atoms with Gasteiger partial charge in [0.2, 0.25) is 0 Å². The van der Waals surface area contributed by atoms with E-state index in [2.05, 4.69) is 52.0 Å². The smallest absolute Gasteiger partial charge is 0.00390 e. The van der Waals surface area contributed by atoms with Crippen molar-refractivity contribution >= 4 is 0 Å². The molecule has 26 heavy (non-hydrogen) atoms. The molecule has 2 aliphatic carbocycles. The third kappa shape index (κ3) is 4.02. The highest BCUT2D eigenvalue weighted by Crippen LogP contribution is 2.43. The maximum atomic E-state index is 6.12. The van der Waals surface area contributed by atoms with Crippen molar-refractivity contribution in [3.05, 3.63) is 35.4 Å². The van der Waals surface area contributed by atoms with Crippen molar-refractivity contribution in [2.24, 2.45) is 23.3 Å². The molecule has 0 spiro atoms. The predicted octanol–water partition coefficient (Wildman–Crippen LogP) is 5.28. The van der Waals surface area contributed by atoms with E-state index in [1.54, 1.807) is 0 Å². The van der Waals surface area contributed by atoms with E-state index in [4.69, 9.17) is 11.5 Å². The van der Waals surface area contributed by atoms with Crippen molar-refractivity contribution < 1.29 is 0 Å². The topological polar surface area (TPSA) is 52.0 Å². The molecule has 0 atom stereocenters. The molecule has 0 saturated heterocycles. The fourth-order valence-electron chi connectivity index (χ4n) is 5.48. The molecule has 2 nitrogen and oxygen atoms in total. The summed E-state index contributed by atoms with van der Waals surface area (Å²) in [5, 5.41) is 0. The summed E-state index contributed by atoms with van der Waals surface area (Å²) >= 11 is 0. The minimum atomic E-state index is 0.237. The Morgan fingerprint density at radius 2 is 0.846 bits per heavy atom. The average molecular weight is 357 g/mol. The first-order valence-electron chi connectivity index (χ1n) is 10.8. The summed E-state index contributed by atoms with van der Waals surface area (Å²) in [5.41, 5.74) is 15.7. The molecule has 0 aliphatic heterocycles. The van der Waals surface area contributed by atoms with E-state index in [9.17, 15) is 0 Å². The van der Waals surface area contributed by atoms with Gasteiger partial charge in [0, 0.05) is 12.1 Å². The van der Waals surface area contributed by atoms with E-state index < -0.39 is 0 Å². The Kier molecular flexibility index (Phi) is 5.84. The second-order valence-electron chi connectivity index (χ2n) is 10.2. The lowest BCUT2D eigenvalue weighted by atomic mass is 9.65. The van der Waals surface area contributed by atoms with Crippen LogP contribution in [0.15, 0.2) is 24.3 Å². The highest BCUT2D eigenvalue weighted by molar-refractivity contribution is 5.33. The molecular weight excluding hydrogens is 316 g/mol. The lowest BCUT2D eigenvalue weighted by Gasteiger charge is -2.41. The van der Waals surface area contributed by atoms with Gasteiger partial charge in [-0.3, -0.25) is 0 Å². The molecule has 2 heteroatoms. The molecule has 0 amide bonds. The Balaban J connectivity index is 1.73. The number of rotatable bonds is 4. The van der Waals surface area contributed by atoms with Crippen LogP contribution in [0, 0.1) is 11.8 Å². The monoisotopic (exact) mass is 356 g/mol. The zero-order valence-corrected chi connectivity index (χ0v) is 17.4. The lowest BCUT2D eigenvalue weighted by molar-refractivity contribution is 0.218. The summed E-state index contributed by atoms with van der Waals surface area (Å²) in [6.07, 6.45) is 9.80. The molecule has 2 saturated carbocycles. The predicted molar refractivity (Wildman–Crippen MR) is 112 cm³/mol. The quantitative estimate of drug-likeness (QED) is 0.771. The van der Waals surface area contributed by atoms with Crippen molar-refractivity contribution in [3.8, 4) is 0 Å². The molecule has 3 rings (SSSR count). The Labute approximate surface area is 161 Å². The third-order valence-corrected chi connectivity index (χ3v) is 7.96. The Morgan fingerprint density at radius 1 is 0.577 bits per heavy atom. The Hall–Kier alpha value is -0.860. The van der Waals surface area contributed by atoms with Crippen LogP contribution < -0.4 is 11.5 Å². The second-order valence-corrected chi connectivity index (χ2v) is 10.2. The van der Waals surface area contributed by atoms with Crippen LogP contribution in [-0.4, -0.2) is 12.1 Å². The van der Waals surface area contributed by atoms with E-state index in [1.807, 2.05) is 0 Å². The highest BCUT2D eigenvalue weighted by atomic mass is 14.6. The van der Waals surface area contributed by atoms with Crippen molar-refractivity contribution in [2.45, 2.75) is 102 Å². The molecule has 1 aromatic rings. The molecule has 0 heterocycles. The van der Waals surface area contributed by atoms with Gasteiger partial charge in [0.15, 0.2) is 0 Å². The van der Waals surface area contributed by atoms with Crippen LogP contribution >= 0.6 is 0 Å². The van der Waals surface area contributed by atoms with E-state index in [0.29, 0.717) is 12.1 Å². The van der Waals surface area contributed by atoms with Crippen molar-refractivity contribution in [3.63, 3.8) is 0 Å². The first-order valence-corrected chi connectivity index (χ1v) is 10.8. The summed E-state index contributed by atoms with van der Waals surface area (Å²) < 4.78 is 0. The van der Waals surface area contributed by atoms with Gasteiger partial charge >= 0.3 is 0 Å². The maximum Gasteiger partial charge on any atom is 0.00390 e. The molecule has 0 aromatic heterocycles. The molecule has 0 radical (unpaired) electrons. The second kappa shape index (κ2) is 7.64. The van der Waals surface area contributed by atoms with E-state index in [1.165, 1.54) is 62.5 Å². The number of benzene rings is 1. The van der Waals surface area contributed by atoms with Crippen LogP contribution in [-0.2, 0) is 10.8 Å². The SMILES string of the molecule is CC(C)(c1ccc(C(C)(C)C2CCC(N)CC2)cc1)C1CCC(N)CC1. The van der Waals surface area contributed by atoms with Gasteiger partial charge in [0.1, 0.15) is 0 Å². The molecule has 0 unspecified atom stereocenters. The lowest BCUT2D eigenvalue weighted by Crippen LogP contribution is -2.37. The van der Waals surface area contributed by atoms with E-state index >= 15 is 0 Å². The van der Waals surface area contributed by atoms with Crippen molar-refractivity contribution in [1.29, 1.82) is 0 Å². The average Bonchev–Trinajstić information content (AvgIpc) is 2.62. The Bertz CT molecular complexity index is 518. The fourth-order valence-corrected chi connectivity index (χ4v) is 5.48. The molecule has 4 N–H and O–H groups in total. The van der Waals surface area contributed by atoms with Gasteiger partial charge in [-0.15, -0.1) is 0 Å². The zero-order valence-electron chi connectivity index (χ0n) is 17.4. The van der Waals surface area contributed by atoms with Crippen LogP contribution in [0.5, 0.6) is 0 Å². The molecular formula is C24H40N2. The van der Waals surface area contributed by atoms with Crippen molar-refractivity contribution in [2.75, 3.05) is 0 Å². The molecule has 2 aliphatic rings. The van der Waals surface area contributed by atoms with Crippen LogP contribution in [0.1, 0.15) is 90.2 Å². The molecule has 146 valence electrons. The van der Waals surface area contributed by atoms with Crippen LogP contribution in [0.4, 0.5) is 0 Å². The summed E-state index contributed by atoms with van der Waals surface area (Å²) in [6.45, 7) is 9.71. The van der Waals surface area contributed by atoms with Crippen LogP contribution in [0.25, 0.3) is 0 Å². The minimum Gasteiger partial charge on any atom is -0.328 e. The summed E-state index contributed by atoms with van der Waals surface area (Å²) in [4.78, 5) is 0. The standard InChI is InChI=1S/C24H40N2/c1-23(2,19-9-13-21(25)14-10-19)17-5-7-18(8-6-17)24(3,4)20-11-15-22(26)16-12-20/h5-8,19-22H,9-16,25-26H2,1-4H3. The van der Waals surface area contributed by atoms with Gasteiger partial charge in [-0.05, 0) is 85.2 Å². The van der Waals surface area contributed by atoms with Crippen LogP contribution in [0.3, 0.4) is 0 Å². The first-order chi connectivity index (χ1) is 12.2. The maximum absolute atomic E-state index is 6.12. The number of hydrogen-bond donors (Lipinski definition) is 2. The van der Waals surface area contributed by atoms with Gasteiger partial charge in [-0.2, -0.15) is 0 Å². The minimum absolute atomic E-state index is 0.237. The number of nitrogens with two attached hydrogens (primary N) is 2. The summed E-state index contributed by atoms with van der Waals surface area (Å²) in [5.74, 6) is 1.50. The highest BCUT2D eigenvalue weighted by Gasteiger charge is 2.36. The van der Waals surface area contributed by atoms with Gasteiger partial charge in [0.25, 0.3) is 0 Å².